The third-order valence-corrected chi connectivity index (χ3v) is 7.36. The summed E-state index contributed by atoms with van der Waals surface area (Å²) in [4.78, 5) is 24.2. The Hall–Kier alpha value is -2.84. The molecular weight excluding hydrogens is 390 g/mol. The zero-order valence-corrected chi connectivity index (χ0v) is 16.4. The van der Waals surface area contributed by atoms with Gasteiger partial charge in [0.25, 0.3) is 5.56 Å². The molecule has 8 heteroatoms. The number of rotatable bonds is 2. The van der Waals surface area contributed by atoms with Gasteiger partial charge in [0, 0.05) is 15.8 Å². The summed E-state index contributed by atoms with van der Waals surface area (Å²) in [6.45, 7) is 0. The SMILES string of the molecule is O=c1nc2c(-c3nc(-c4ccccc4)cs3)n[nH]n2c2sc3c(c12)CCCC3. The predicted octanol–water partition coefficient (Wildman–Crippen LogP) is 4.30. The van der Waals surface area contributed by atoms with Crippen LogP contribution in [0.3, 0.4) is 0 Å². The third-order valence-electron chi connectivity index (χ3n) is 5.24. The quantitative estimate of drug-likeness (QED) is 0.475. The summed E-state index contributed by atoms with van der Waals surface area (Å²) < 4.78 is 1.85. The van der Waals surface area contributed by atoms with E-state index in [1.165, 1.54) is 28.2 Å². The summed E-state index contributed by atoms with van der Waals surface area (Å²) in [6, 6.07) is 10.0. The summed E-state index contributed by atoms with van der Waals surface area (Å²) in [5, 5.41) is 11.0. The molecule has 5 aromatic rings. The first-order chi connectivity index (χ1) is 13.8. The fraction of sp³-hybridized carbons (Fsp3) is 0.200. The maximum atomic E-state index is 12.9. The molecule has 0 amide bonds. The average Bonchev–Trinajstić information content (AvgIpc) is 3.44. The largest absolute Gasteiger partial charge is 0.282 e. The van der Waals surface area contributed by atoms with Gasteiger partial charge in [-0.2, -0.15) is 10.1 Å². The molecule has 4 aromatic heterocycles. The average molecular weight is 406 g/mol. The Morgan fingerprint density at radius 1 is 1.07 bits per heavy atom. The van der Waals surface area contributed by atoms with Crippen LogP contribution in [-0.4, -0.2) is 24.8 Å². The molecular formula is C20H15N5OS2. The molecule has 0 bridgehead atoms. The van der Waals surface area contributed by atoms with Gasteiger partial charge in [-0.25, -0.2) is 14.7 Å². The van der Waals surface area contributed by atoms with Crippen molar-refractivity contribution in [3.63, 3.8) is 0 Å². The predicted molar refractivity (Wildman–Crippen MR) is 112 cm³/mol. The Labute approximate surface area is 167 Å². The lowest BCUT2D eigenvalue weighted by molar-refractivity contribution is 0.700. The number of thiophene rings is 1. The van der Waals surface area contributed by atoms with Crippen LogP contribution in [0.15, 0.2) is 40.5 Å². The van der Waals surface area contributed by atoms with Crippen LogP contribution in [-0.2, 0) is 12.8 Å². The van der Waals surface area contributed by atoms with Gasteiger partial charge in [-0.15, -0.1) is 22.7 Å². The van der Waals surface area contributed by atoms with Crippen molar-refractivity contribution < 1.29 is 0 Å². The van der Waals surface area contributed by atoms with Crippen molar-refractivity contribution in [3.05, 3.63) is 56.5 Å². The molecule has 1 N–H and O–H groups in total. The number of thiazole rings is 1. The zero-order chi connectivity index (χ0) is 18.7. The van der Waals surface area contributed by atoms with E-state index in [0.717, 1.165) is 45.7 Å². The van der Waals surface area contributed by atoms with Crippen LogP contribution < -0.4 is 5.56 Å². The lowest BCUT2D eigenvalue weighted by atomic mass is 9.97. The molecule has 0 unspecified atom stereocenters. The molecule has 0 atom stereocenters. The molecule has 1 aliphatic rings. The number of H-pyrrole nitrogens is 1. The van der Waals surface area contributed by atoms with Gasteiger partial charge in [0.15, 0.2) is 11.3 Å². The first-order valence-corrected chi connectivity index (χ1v) is 10.9. The molecule has 0 saturated heterocycles. The minimum atomic E-state index is -0.156. The van der Waals surface area contributed by atoms with Gasteiger partial charge in [-0.1, -0.05) is 30.3 Å². The van der Waals surface area contributed by atoms with Gasteiger partial charge in [0.2, 0.25) is 0 Å². The number of benzene rings is 1. The first kappa shape index (κ1) is 16.1. The van der Waals surface area contributed by atoms with E-state index in [1.54, 1.807) is 11.3 Å². The van der Waals surface area contributed by atoms with Gasteiger partial charge < -0.3 is 0 Å². The molecule has 1 aliphatic carbocycles. The maximum absolute atomic E-state index is 12.9. The standard InChI is InChI=1S/C20H15N5OS2/c26-18-15-12-8-4-5-9-14(12)28-20(15)25-17(22-18)16(23-24-25)19-21-13(10-27-19)11-6-2-1-3-7-11/h1-3,6-7,10,24H,4-5,8-9H2. The Bertz CT molecular complexity index is 1390. The second-order valence-electron chi connectivity index (χ2n) is 6.93. The topological polar surface area (TPSA) is 75.9 Å². The fourth-order valence-corrected chi connectivity index (χ4v) is 6.05. The summed E-state index contributed by atoms with van der Waals surface area (Å²) in [5.41, 5.74) is 4.16. The highest BCUT2D eigenvalue weighted by Gasteiger charge is 2.23. The van der Waals surface area contributed by atoms with E-state index in [2.05, 4.69) is 15.3 Å². The lowest BCUT2D eigenvalue weighted by Crippen LogP contribution is -2.11. The van der Waals surface area contributed by atoms with Gasteiger partial charge in [-0.05, 0) is 31.2 Å². The van der Waals surface area contributed by atoms with Crippen molar-refractivity contribution in [2.45, 2.75) is 25.7 Å². The number of nitrogens with zero attached hydrogens (tertiary/aromatic N) is 4. The van der Waals surface area contributed by atoms with E-state index in [9.17, 15) is 4.79 Å². The molecule has 6 nitrogen and oxygen atoms in total. The van der Waals surface area contributed by atoms with Crippen LogP contribution in [0.2, 0.25) is 0 Å². The second-order valence-corrected chi connectivity index (χ2v) is 8.87. The molecule has 0 radical (unpaired) electrons. The van der Waals surface area contributed by atoms with Gasteiger partial charge in [-0.3, -0.25) is 4.79 Å². The van der Waals surface area contributed by atoms with Crippen LogP contribution in [0.25, 0.3) is 37.8 Å². The summed E-state index contributed by atoms with van der Waals surface area (Å²) in [6.07, 6.45) is 4.33. The Morgan fingerprint density at radius 3 is 2.82 bits per heavy atom. The van der Waals surface area contributed by atoms with Crippen molar-refractivity contribution in [2.75, 3.05) is 0 Å². The third kappa shape index (κ3) is 2.31. The highest BCUT2D eigenvalue weighted by Crippen LogP contribution is 2.36. The number of nitrogens with one attached hydrogen (secondary N) is 1. The maximum Gasteiger partial charge on any atom is 0.282 e. The van der Waals surface area contributed by atoms with E-state index in [1.807, 2.05) is 40.2 Å². The highest BCUT2D eigenvalue weighted by molar-refractivity contribution is 7.19. The number of aromatic nitrogens is 5. The molecule has 28 heavy (non-hydrogen) atoms. The van der Waals surface area contributed by atoms with Crippen molar-refractivity contribution in [2.24, 2.45) is 0 Å². The molecule has 4 heterocycles. The smallest absolute Gasteiger partial charge is 0.267 e. The van der Waals surface area contributed by atoms with Crippen LogP contribution in [0.1, 0.15) is 23.3 Å². The molecule has 6 rings (SSSR count). The second kappa shape index (κ2) is 6.08. The molecule has 0 saturated carbocycles. The Morgan fingerprint density at radius 2 is 1.93 bits per heavy atom. The zero-order valence-electron chi connectivity index (χ0n) is 14.8. The molecule has 0 aliphatic heterocycles. The van der Waals surface area contributed by atoms with Crippen LogP contribution in [0.5, 0.6) is 0 Å². The monoisotopic (exact) mass is 405 g/mol. The van der Waals surface area contributed by atoms with Gasteiger partial charge in [0.05, 0.1) is 11.1 Å². The lowest BCUT2D eigenvalue weighted by Gasteiger charge is -2.09. The van der Waals surface area contributed by atoms with Crippen LogP contribution >= 0.6 is 22.7 Å². The summed E-state index contributed by atoms with van der Waals surface area (Å²) in [7, 11) is 0. The molecule has 1 aromatic carbocycles. The van der Waals surface area contributed by atoms with Gasteiger partial charge in [0.1, 0.15) is 9.84 Å². The van der Waals surface area contributed by atoms with E-state index in [-0.39, 0.29) is 5.56 Å². The van der Waals surface area contributed by atoms with Gasteiger partial charge >= 0.3 is 0 Å². The summed E-state index contributed by atoms with van der Waals surface area (Å²) >= 11 is 3.20. The Kier molecular flexibility index (Phi) is 3.51. The van der Waals surface area contributed by atoms with Crippen molar-refractivity contribution >= 4 is 38.5 Å². The number of hydrogen-bond acceptors (Lipinski definition) is 6. The Balaban J connectivity index is 1.55. The van der Waals surface area contributed by atoms with Crippen molar-refractivity contribution in [3.8, 4) is 22.0 Å². The fourth-order valence-electron chi connectivity index (χ4n) is 3.90. The normalized spacial score (nSPS) is 14.0. The van der Waals surface area contributed by atoms with Crippen molar-refractivity contribution in [1.82, 2.24) is 24.8 Å². The van der Waals surface area contributed by atoms with E-state index >= 15 is 0 Å². The van der Waals surface area contributed by atoms with E-state index in [0.29, 0.717) is 11.3 Å². The number of aromatic amines is 1. The van der Waals surface area contributed by atoms with Crippen LogP contribution in [0, 0.1) is 0 Å². The van der Waals surface area contributed by atoms with E-state index in [4.69, 9.17) is 4.98 Å². The number of aryl methyl sites for hydroxylation is 2. The number of fused-ring (bicyclic) bond motifs is 5. The minimum absolute atomic E-state index is 0.156. The first-order valence-electron chi connectivity index (χ1n) is 9.22. The van der Waals surface area contributed by atoms with E-state index < -0.39 is 0 Å². The highest BCUT2D eigenvalue weighted by atomic mass is 32.1. The number of hydrogen-bond donors (Lipinski definition) is 1. The molecule has 0 fully saturated rings. The van der Waals surface area contributed by atoms with Crippen LogP contribution in [0.4, 0.5) is 0 Å². The summed E-state index contributed by atoms with van der Waals surface area (Å²) in [5.74, 6) is 0. The molecule has 0 spiro atoms. The molecule has 138 valence electrons. The van der Waals surface area contributed by atoms with Crippen molar-refractivity contribution in [1.29, 1.82) is 0 Å². The minimum Gasteiger partial charge on any atom is -0.267 e.